The van der Waals surface area contributed by atoms with Crippen LogP contribution in [0.25, 0.3) is 11.5 Å². The number of aromatic nitrogens is 4. The lowest BCUT2D eigenvalue weighted by Crippen LogP contribution is -1.92. The molecule has 0 fully saturated rings. The summed E-state index contributed by atoms with van der Waals surface area (Å²) in [5, 5.41) is 7.27. The van der Waals surface area contributed by atoms with Gasteiger partial charge in [0.25, 0.3) is 14.2 Å². The van der Waals surface area contributed by atoms with Gasteiger partial charge in [0.15, 0.2) is 0 Å². The molecule has 15 heavy (non-hydrogen) atoms. The monoisotopic (exact) mass is 328 g/mol. The summed E-state index contributed by atoms with van der Waals surface area (Å²) in [6.07, 6.45) is 0. The molecule has 0 bridgehead atoms. The molecule has 0 saturated heterocycles. The second-order valence-electron chi connectivity index (χ2n) is 2.41. The first-order chi connectivity index (χ1) is 6.98. The number of nitrogens with one attached hydrogen (secondary N) is 1. The predicted octanol–water partition coefficient (Wildman–Crippen LogP) is 1.62. The number of nitrogens with zero attached hydrogens (tertiary/aromatic N) is 3. The maximum absolute atomic E-state index is 10.9. The van der Waals surface area contributed by atoms with Crippen molar-refractivity contribution >= 4 is 47.2 Å². The van der Waals surface area contributed by atoms with E-state index < -0.39 is 9.05 Å². The Morgan fingerprint density at radius 3 is 2.73 bits per heavy atom. The average Bonchev–Trinajstić information content (AvgIpc) is 2.69. The molecule has 0 aliphatic rings. The van der Waals surface area contributed by atoms with E-state index in [9.17, 15) is 8.42 Å². The summed E-state index contributed by atoms with van der Waals surface area (Å²) in [7, 11) is 1.20. The summed E-state index contributed by atoms with van der Waals surface area (Å²) in [6.45, 7) is 0. The van der Waals surface area contributed by atoms with E-state index in [1.807, 2.05) is 0 Å². The number of rotatable bonds is 2. The zero-order valence-electron chi connectivity index (χ0n) is 6.81. The summed E-state index contributed by atoms with van der Waals surface area (Å²) < 4.78 is 26.5. The quantitative estimate of drug-likeness (QED) is 0.846. The minimum Gasteiger partial charge on any atom is -0.248 e. The molecule has 10 heteroatoms. The van der Waals surface area contributed by atoms with Crippen LogP contribution < -0.4 is 0 Å². The van der Waals surface area contributed by atoms with Gasteiger partial charge in [-0.1, -0.05) is 0 Å². The minimum atomic E-state index is -3.88. The van der Waals surface area contributed by atoms with Crippen LogP contribution in [-0.4, -0.2) is 28.0 Å². The lowest BCUT2D eigenvalue weighted by molar-refractivity contribution is 0.602. The first kappa shape index (κ1) is 11.0. The van der Waals surface area contributed by atoms with Crippen molar-refractivity contribution in [3.05, 3.63) is 9.85 Å². The van der Waals surface area contributed by atoms with E-state index in [1.165, 1.54) is 11.5 Å². The number of aromatic amines is 1. The van der Waals surface area contributed by atoms with Crippen molar-refractivity contribution < 1.29 is 8.42 Å². The van der Waals surface area contributed by atoms with Crippen molar-refractivity contribution in [3.8, 4) is 11.5 Å². The Morgan fingerprint density at radius 2 is 2.27 bits per heavy atom. The van der Waals surface area contributed by atoms with Crippen LogP contribution in [0.2, 0.25) is 0 Å². The van der Waals surface area contributed by atoms with E-state index in [0.717, 1.165) is 0 Å². The largest absolute Gasteiger partial charge is 0.296 e. The number of hydrogen-bond acceptors (Lipinski definition) is 6. The van der Waals surface area contributed by atoms with Gasteiger partial charge in [0, 0.05) is 16.1 Å². The van der Waals surface area contributed by atoms with Crippen LogP contribution in [0.1, 0.15) is 0 Å². The molecule has 0 radical (unpaired) electrons. The van der Waals surface area contributed by atoms with Crippen molar-refractivity contribution in [2.75, 3.05) is 0 Å². The molecule has 2 aromatic heterocycles. The van der Waals surface area contributed by atoms with E-state index in [0.29, 0.717) is 10.2 Å². The molecule has 1 N–H and O–H groups in total. The molecular weight excluding hydrogens is 328 g/mol. The normalized spacial score (nSPS) is 11.9. The highest BCUT2D eigenvalue weighted by Crippen LogP contribution is 2.26. The third-order valence-corrected chi connectivity index (χ3v) is 4.05. The maximum Gasteiger partial charge on any atom is 0.296 e. The Hall–Kier alpha value is -0.510. The van der Waals surface area contributed by atoms with E-state index in [1.54, 1.807) is 5.38 Å². The van der Waals surface area contributed by atoms with Crippen molar-refractivity contribution in [2.24, 2.45) is 0 Å². The molecule has 0 aromatic carbocycles. The van der Waals surface area contributed by atoms with Crippen LogP contribution >= 0.6 is 38.1 Å². The van der Waals surface area contributed by atoms with Gasteiger partial charge >= 0.3 is 0 Å². The van der Waals surface area contributed by atoms with Gasteiger partial charge < -0.3 is 0 Å². The van der Waals surface area contributed by atoms with Gasteiger partial charge in [0.05, 0.1) is 4.47 Å². The zero-order chi connectivity index (χ0) is 11.1. The Balaban J connectivity index is 2.50. The molecule has 0 saturated carbocycles. The maximum atomic E-state index is 10.9. The summed E-state index contributed by atoms with van der Waals surface area (Å²) in [4.78, 5) is 3.71. The van der Waals surface area contributed by atoms with Crippen molar-refractivity contribution in [2.45, 2.75) is 5.16 Å². The topological polar surface area (TPSA) is 88.6 Å². The Labute approximate surface area is 101 Å². The van der Waals surface area contributed by atoms with Crippen LogP contribution in [0, 0.1) is 0 Å². The van der Waals surface area contributed by atoms with Crippen LogP contribution in [0.15, 0.2) is 15.0 Å². The van der Waals surface area contributed by atoms with Gasteiger partial charge in [-0.25, -0.2) is 13.5 Å². The smallest absolute Gasteiger partial charge is 0.248 e. The molecular formula is C5H2BrClN4O2S2. The fourth-order valence-corrected chi connectivity index (χ4v) is 2.57. The average molecular weight is 330 g/mol. The SMILES string of the molecule is O=S(=O)(Cl)c1nc(-c2nscc2Br)n[nH]1. The lowest BCUT2D eigenvalue weighted by Gasteiger charge is -1.86. The molecule has 2 aromatic rings. The number of hydrogen-bond donors (Lipinski definition) is 1. The molecule has 2 rings (SSSR count). The van der Waals surface area contributed by atoms with Crippen molar-refractivity contribution in [1.82, 2.24) is 19.6 Å². The molecule has 0 aliphatic heterocycles. The third-order valence-electron chi connectivity index (χ3n) is 1.43. The van der Waals surface area contributed by atoms with Crippen molar-refractivity contribution in [1.29, 1.82) is 0 Å². The second kappa shape index (κ2) is 3.81. The van der Waals surface area contributed by atoms with Crippen LogP contribution in [-0.2, 0) is 9.05 Å². The summed E-state index contributed by atoms with van der Waals surface area (Å²) >= 11 is 4.44. The Bertz CT molecular complexity index is 592. The minimum absolute atomic E-state index is 0.183. The highest BCUT2D eigenvalue weighted by Gasteiger charge is 2.18. The molecule has 80 valence electrons. The molecule has 0 atom stereocenters. The summed E-state index contributed by atoms with van der Waals surface area (Å²) in [5.41, 5.74) is 0.475. The zero-order valence-corrected chi connectivity index (χ0v) is 10.8. The first-order valence-corrected chi connectivity index (χ1v) is 7.39. The van der Waals surface area contributed by atoms with Gasteiger partial charge in [-0.3, -0.25) is 0 Å². The predicted molar refractivity (Wildman–Crippen MR) is 58.2 cm³/mol. The van der Waals surface area contributed by atoms with Gasteiger partial charge in [0.1, 0.15) is 5.69 Å². The Kier molecular flexibility index (Phi) is 2.79. The van der Waals surface area contributed by atoms with E-state index in [2.05, 4.69) is 35.5 Å². The molecule has 0 aliphatic carbocycles. The van der Waals surface area contributed by atoms with Gasteiger partial charge in [-0.2, -0.15) is 14.5 Å². The lowest BCUT2D eigenvalue weighted by atomic mass is 10.4. The Morgan fingerprint density at radius 1 is 1.53 bits per heavy atom. The van der Waals surface area contributed by atoms with Crippen LogP contribution in [0.5, 0.6) is 0 Å². The highest BCUT2D eigenvalue weighted by molar-refractivity contribution is 9.10. The fraction of sp³-hybridized carbons (Fsp3) is 0. The van der Waals surface area contributed by atoms with Crippen LogP contribution in [0.4, 0.5) is 0 Å². The molecule has 6 nitrogen and oxygen atoms in total. The fourth-order valence-electron chi connectivity index (χ4n) is 0.834. The van der Waals surface area contributed by atoms with E-state index in [-0.39, 0.29) is 11.0 Å². The molecule has 0 unspecified atom stereocenters. The second-order valence-corrected chi connectivity index (χ2v) is 6.38. The molecule has 0 amide bonds. The van der Waals surface area contributed by atoms with Gasteiger partial charge in [-0.15, -0.1) is 0 Å². The molecule has 0 spiro atoms. The number of halogens is 2. The molecule has 2 heterocycles. The standard InChI is InChI=1S/C5H2BrClN4O2S2/c6-2-1-14-11-3(2)4-8-5(10-9-4)15(7,12)13/h1H,(H,8,9,10). The third kappa shape index (κ3) is 2.19. The van der Waals surface area contributed by atoms with Crippen molar-refractivity contribution in [3.63, 3.8) is 0 Å². The van der Waals surface area contributed by atoms with Crippen LogP contribution in [0.3, 0.4) is 0 Å². The number of H-pyrrole nitrogens is 1. The summed E-state index contributed by atoms with van der Waals surface area (Å²) in [6, 6.07) is 0. The summed E-state index contributed by atoms with van der Waals surface area (Å²) in [5.74, 6) is 0.183. The van der Waals surface area contributed by atoms with Gasteiger partial charge in [0.2, 0.25) is 5.82 Å². The van der Waals surface area contributed by atoms with E-state index >= 15 is 0 Å². The first-order valence-electron chi connectivity index (χ1n) is 3.46. The van der Waals surface area contributed by atoms with Gasteiger partial charge in [-0.05, 0) is 27.5 Å². The van der Waals surface area contributed by atoms with E-state index in [4.69, 9.17) is 10.7 Å². The highest BCUT2D eigenvalue weighted by atomic mass is 79.9.